The first-order valence-electron chi connectivity index (χ1n) is 5.75. The predicted octanol–water partition coefficient (Wildman–Crippen LogP) is 3.45. The van der Waals surface area contributed by atoms with Crippen LogP contribution < -0.4 is 0 Å². The highest BCUT2D eigenvalue weighted by Gasteiger charge is 2.05. The van der Waals surface area contributed by atoms with E-state index in [0.29, 0.717) is 12.8 Å². The minimum atomic E-state index is -0.810. The maximum Gasteiger partial charge on any atom is 0.159 e. The van der Waals surface area contributed by atoms with Crippen molar-refractivity contribution in [3.05, 3.63) is 35.4 Å². The Morgan fingerprint density at radius 3 is 2.56 bits per heavy atom. The van der Waals surface area contributed by atoms with Gasteiger partial charge in [0.05, 0.1) is 6.10 Å². The normalized spacial score (nSPS) is 12.8. The molecule has 0 radical (unpaired) electrons. The fourth-order valence-corrected chi connectivity index (χ4v) is 1.71. The second kappa shape index (κ2) is 6.59. The minimum absolute atomic E-state index is 0.268. The lowest BCUT2D eigenvalue weighted by Crippen LogP contribution is -2.05. The van der Waals surface area contributed by atoms with Crippen LogP contribution in [-0.2, 0) is 6.42 Å². The molecule has 0 amide bonds. The van der Waals surface area contributed by atoms with Crippen molar-refractivity contribution in [1.82, 2.24) is 0 Å². The van der Waals surface area contributed by atoms with Crippen LogP contribution in [0, 0.1) is 11.6 Å². The van der Waals surface area contributed by atoms with Gasteiger partial charge in [0.2, 0.25) is 0 Å². The maximum atomic E-state index is 12.9. The van der Waals surface area contributed by atoms with E-state index in [4.69, 9.17) is 0 Å². The molecule has 1 aromatic rings. The van der Waals surface area contributed by atoms with Crippen LogP contribution in [0.4, 0.5) is 8.78 Å². The molecule has 1 aromatic carbocycles. The zero-order valence-corrected chi connectivity index (χ0v) is 9.55. The number of aryl methyl sites for hydroxylation is 1. The summed E-state index contributed by atoms with van der Waals surface area (Å²) in [6.45, 7) is 2.03. The molecule has 0 saturated heterocycles. The molecule has 1 atom stereocenters. The van der Waals surface area contributed by atoms with Gasteiger partial charge in [-0.3, -0.25) is 0 Å². The molecule has 0 fully saturated rings. The van der Waals surface area contributed by atoms with Crippen molar-refractivity contribution in [1.29, 1.82) is 0 Å². The molecule has 0 spiro atoms. The number of hydrogen-bond acceptors (Lipinski definition) is 1. The average molecular weight is 228 g/mol. The Morgan fingerprint density at radius 1 is 1.19 bits per heavy atom. The number of halogens is 2. The van der Waals surface area contributed by atoms with E-state index in [0.717, 1.165) is 30.9 Å². The summed E-state index contributed by atoms with van der Waals surface area (Å²) in [5, 5.41) is 9.49. The smallest absolute Gasteiger partial charge is 0.159 e. The molecule has 1 rings (SSSR count). The van der Waals surface area contributed by atoms with Gasteiger partial charge in [-0.05, 0) is 43.4 Å². The van der Waals surface area contributed by atoms with Crippen LogP contribution in [0.25, 0.3) is 0 Å². The third-order valence-electron chi connectivity index (χ3n) is 2.61. The van der Waals surface area contributed by atoms with E-state index in [1.807, 2.05) is 6.92 Å². The molecule has 0 aliphatic rings. The van der Waals surface area contributed by atoms with Crippen molar-refractivity contribution in [2.24, 2.45) is 0 Å². The summed E-state index contributed by atoms with van der Waals surface area (Å²) < 4.78 is 25.5. The van der Waals surface area contributed by atoms with Gasteiger partial charge in [-0.25, -0.2) is 8.78 Å². The average Bonchev–Trinajstić information content (AvgIpc) is 2.24. The Labute approximate surface area is 95.1 Å². The lowest BCUT2D eigenvalue weighted by molar-refractivity contribution is 0.151. The SMILES string of the molecule is CCCC(O)CCCc1ccc(F)c(F)c1. The van der Waals surface area contributed by atoms with E-state index in [2.05, 4.69) is 0 Å². The molecule has 0 saturated carbocycles. The lowest BCUT2D eigenvalue weighted by atomic mass is 10.0. The summed E-state index contributed by atoms with van der Waals surface area (Å²) in [4.78, 5) is 0. The standard InChI is InChI=1S/C13H18F2O/c1-2-4-11(16)6-3-5-10-7-8-12(14)13(15)9-10/h7-9,11,16H,2-6H2,1H3. The van der Waals surface area contributed by atoms with Crippen LogP contribution in [0.5, 0.6) is 0 Å². The van der Waals surface area contributed by atoms with Gasteiger partial charge in [-0.1, -0.05) is 19.4 Å². The molecular weight excluding hydrogens is 210 g/mol. The van der Waals surface area contributed by atoms with Gasteiger partial charge in [-0.2, -0.15) is 0 Å². The fourth-order valence-electron chi connectivity index (χ4n) is 1.71. The molecular formula is C13H18F2O. The van der Waals surface area contributed by atoms with Crippen LogP contribution in [0.1, 0.15) is 38.2 Å². The van der Waals surface area contributed by atoms with E-state index in [1.165, 1.54) is 6.07 Å². The largest absolute Gasteiger partial charge is 0.393 e. The highest BCUT2D eigenvalue weighted by atomic mass is 19.2. The van der Waals surface area contributed by atoms with Crippen LogP contribution >= 0.6 is 0 Å². The molecule has 0 aromatic heterocycles. The van der Waals surface area contributed by atoms with E-state index in [9.17, 15) is 13.9 Å². The summed E-state index contributed by atoms with van der Waals surface area (Å²) in [5.74, 6) is -1.61. The zero-order chi connectivity index (χ0) is 12.0. The van der Waals surface area contributed by atoms with Crippen LogP contribution in [0.2, 0.25) is 0 Å². The van der Waals surface area contributed by atoms with E-state index in [-0.39, 0.29) is 6.10 Å². The lowest BCUT2D eigenvalue weighted by Gasteiger charge is -2.08. The van der Waals surface area contributed by atoms with Gasteiger partial charge in [0.1, 0.15) is 0 Å². The number of aliphatic hydroxyl groups excluding tert-OH is 1. The molecule has 0 aliphatic carbocycles. The zero-order valence-electron chi connectivity index (χ0n) is 9.55. The number of aliphatic hydroxyl groups is 1. The minimum Gasteiger partial charge on any atom is -0.393 e. The van der Waals surface area contributed by atoms with Gasteiger partial charge in [0.15, 0.2) is 11.6 Å². The molecule has 1 N–H and O–H groups in total. The highest BCUT2D eigenvalue weighted by molar-refractivity contribution is 5.17. The molecule has 1 unspecified atom stereocenters. The van der Waals surface area contributed by atoms with Crippen molar-refractivity contribution in [3.8, 4) is 0 Å². The summed E-state index contributed by atoms with van der Waals surface area (Å²) in [5.41, 5.74) is 0.780. The Bertz CT molecular complexity index is 326. The van der Waals surface area contributed by atoms with Crippen molar-refractivity contribution in [2.45, 2.75) is 45.1 Å². The third-order valence-corrected chi connectivity index (χ3v) is 2.61. The van der Waals surface area contributed by atoms with Crippen molar-refractivity contribution in [2.75, 3.05) is 0 Å². The monoisotopic (exact) mass is 228 g/mol. The van der Waals surface area contributed by atoms with Crippen LogP contribution in [-0.4, -0.2) is 11.2 Å². The third kappa shape index (κ3) is 4.27. The second-order valence-corrected chi connectivity index (χ2v) is 4.08. The van der Waals surface area contributed by atoms with Crippen LogP contribution in [0.15, 0.2) is 18.2 Å². The molecule has 3 heteroatoms. The molecule has 90 valence electrons. The van der Waals surface area contributed by atoms with Crippen molar-refractivity contribution >= 4 is 0 Å². The van der Waals surface area contributed by atoms with Gasteiger partial charge >= 0.3 is 0 Å². The first-order valence-corrected chi connectivity index (χ1v) is 5.75. The van der Waals surface area contributed by atoms with Crippen molar-refractivity contribution in [3.63, 3.8) is 0 Å². The fraction of sp³-hybridized carbons (Fsp3) is 0.538. The van der Waals surface area contributed by atoms with E-state index < -0.39 is 11.6 Å². The Hall–Kier alpha value is -0.960. The molecule has 0 bridgehead atoms. The van der Waals surface area contributed by atoms with Gasteiger partial charge in [0, 0.05) is 0 Å². The van der Waals surface area contributed by atoms with Gasteiger partial charge in [-0.15, -0.1) is 0 Å². The first kappa shape index (κ1) is 13.1. The van der Waals surface area contributed by atoms with Crippen molar-refractivity contribution < 1.29 is 13.9 Å². The Balaban J connectivity index is 2.34. The highest BCUT2D eigenvalue weighted by Crippen LogP contribution is 2.13. The number of rotatable bonds is 6. The Kier molecular flexibility index (Phi) is 5.39. The quantitative estimate of drug-likeness (QED) is 0.790. The molecule has 1 nitrogen and oxygen atoms in total. The van der Waals surface area contributed by atoms with Crippen LogP contribution in [0.3, 0.4) is 0 Å². The molecule has 0 heterocycles. The number of hydrogen-bond donors (Lipinski definition) is 1. The first-order chi connectivity index (χ1) is 7.63. The predicted molar refractivity (Wildman–Crippen MR) is 60.2 cm³/mol. The van der Waals surface area contributed by atoms with E-state index in [1.54, 1.807) is 6.07 Å². The maximum absolute atomic E-state index is 12.9. The molecule has 0 aliphatic heterocycles. The van der Waals surface area contributed by atoms with E-state index >= 15 is 0 Å². The summed E-state index contributed by atoms with van der Waals surface area (Å²) >= 11 is 0. The Morgan fingerprint density at radius 2 is 1.94 bits per heavy atom. The second-order valence-electron chi connectivity index (χ2n) is 4.08. The van der Waals surface area contributed by atoms with Gasteiger partial charge < -0.3 is 5.11 Å². The topological polar surface area (TPSA) is 20.2 Å². The molecule has 16 heavy (non-hydrogen) atoms. The summed E-state index contributed by atoms with van der Waals surface area (Å²) in [6, 6.07) is 3.96. The van der Waals surface area contributed by atoms with Gasteiger partial charge in [0.25, 0.3) is 0 Å². The summed E-state index contributed by atoms with van der Waals surface area (Å²) in [6.07, 6.45) is 3.69. The summed E-state index contributed by atoms with van der Waals surface area (Å²) in [7, 11) is 0. The number of benzene rings is 1.